The van der Waals surface area contributed by atoms with Crippen molar-refractivity contribution in [1.82, 2.24) is 0 Å². The molecule has 2 nitrogen and oxygen atoms in total. The lowest BCUT2D eigenvalue weighted by Crippen LogP contribution is -2.70. The highest BCUT2D eigenvalue weighted by molar-refractivity contribution is 5.96. The molecule has 0 aliphatic heterocycles. The van der Waals surface area contributed by atoms with Gasteiger partial charge in [0.1, 0.15) is 0 Å². The van der Waals surface area contributed by atoms with E-state index >= 15 is 0 Å². The predicted molar refractivity (Wildman–Crippen MR) is 101 cm³/mol. The summed E-state index contributed by atoms with van der Waals surface area (Å²) in [6.07, 6.45) is 8.37. The summed E-state index contributed by atoms with van der Waals surface area (Å²) in [5.41, 5.74) is 0.297. The van der Waals surface area contributed by atoms with Crippen molar-refractivity contribution in [3.8, 4) is 0 Å². The lowest BCUT2D eigenvalue weighted by molar-refractivity contribution is -0.213. The van der Waals surface area contributed by atoms with Gasteiger partial charge in [0.15, 0.2) is 5.78 Å². The van der Waals surface area contributed by atoms with Gasteiger partial charge in [0.25, 0.3) is 0 Å². The molecule has 3 aliphatic rings. The molecule has 0 spiro atoms. The molecule has 0 unspecified atom stereocenters. The summed E-state index contributed by atoms with van der Waals surface area (Å²) < 4.78 is 5.70. The van der Waals surface area contributed by atoms with Crippen molar-refractivity contribution in [3.05, 3.63) is 37.0 Å². The summed E-state index contributed by atoms with van der Waals surface area (Å²) in [6.45, 7) is 20.1. The summed E-state index contributed by atoms with van der Waals surface area (Å²) >= 11 is 0. The molecule has 0 saturated heterocycles. The molecule has 2 bridgehead atoms. The molecular formula is C22H34O2. The molecule has 0 aromatic heterocycles. The van der Waals surface area contributed by atoms with Crippen LogP contribution in [0.3, 0.4) is 0 Å². The highest BCUT2D eigenvalue weighted by atomic mass is 16.5. The number of allylic oxidation sites excluding steroid dienone is 4. The summed E-state index contributed by atoms with van der Waals surface area (Å²) in [7, 11) is 1.74. The van der Waals surface area contributed by atoms with Crippen molar-refractivity contribution in [2.45, 2.75) is 53.9 Å². The van der Waals surface area contributed by atoms with Gasteiger partial charge in [-0.25, -0.2) is 0 Å². The normalized spacial score (nSPS) is 40.9. The Balaban J connectivity index is 2.84. The van der Waals surface area contributed by atoms with Crippen molar-refractivity contribution in [2.75, 3.05) is 13.7 Å². The first kappa shape index (κ1) is 19.2. The van der Waals surface area contributed by atoms with Crippen LogP contribution in [-0.4, -0.2) is 19.5 Å². The monoisotopic (exact) mass is 330 g/mol. The van der Waals surface area contributed by atoms with Crippen LogP contribution < -0.4 is 0 Å². The standard InChI is InChI=1S/C22H34O2/c1-9-11-18(23)22(13-10-2)17-12-14-20(6,16(3)19(17,4)5)21(22,7)15-24-8/h9-11,17H,2-3,12-15H2,1,4-8H3/b11-9+/t17-,20+,21+,22+/m1/s1. The molecule has 0 radical (unpaired) electrons. The van der Waals surface area contributed by atoms with Gasteiger partial charge >= 0.3 is 0 Å². The van der Waals surface area contributed by atoms with Crippen LogP contribution in [0.15, 0.2) is 37.0 Å². The van der Waals surface area contributed by atoms with Crippen LogP contribution in [0.1, 0.15) is 53.9 Å². The molecular weight excluding hydrogens is 296 g/mol. The van der Waals surface area contributed by atoms with E-state index in [1.165, 1.54) is 5.57 Å². The summed E-state index contributed by atoms with van der Waals surface area (Å²) in [5, 5.41) is 0. The maximum atomic E-state index is 13.5. The van der Waals surface area contributed by atoms with E-state index in [2.05, 4.69) is 40.9 Å². The second-order valence-electron chi connectivity index (χ2n) is 8.72. The van der Waals surface area contributed by atoms with Crippen LogP contribution in [0.2, 0.25) is 0 Å². The maximum absolute atomic E-state index is 13.5. The van der Waals surface area contributed by atoms with Crippen LogP contribution in [0, 0.1) is 27.6 Å². The molecule has 3 rings (SSSR count). The van der Waals surface area contributed by atoms with E-state index in [-0.39, 0.29) is 27.9 Å². The van der Waals surface area contributed by atoms with E-state index in [0.29, 0.717) is 13.0 Å². The third kappa shape index (κ3) is 2.02. The Bertz CT molecular complexity index is 585. The minimum atomic E-state index is -0.491. The highest BCUT2D eigenvalue weighted by Crippen LogP contribution is 2.76. The van der Waals surface area contributed by atoms with Gasteiger partial charge < -0.3 is 4.74 Å². The van der Waals surface area contributed by atoms with Gasteiger partial charge in [0, 0.05) is 17.9 Å². The van der Waals surface area contributed by atoms with E-state index in [1.54, 1.807) is 13.2 Å². The Morgan fingerprint density at radius 3 is 2.46 bits per heavy atom. The zero-order valence-electron chi connectivity index (χ0n) is 16.4. The van der Waals surface area contributed by atoms with Gasteiger partial charge in [-0.3, -0.25) is 4.79 Å². The smallest absolute Gasteiger partial charge is 0.162 e. The van der Waals surface area contributed by atoms with Crippen molar-refractivity contribution < 1.29 is 9.53 Å². The molecule has 3 aliphatic carbocycles. The molecule has 3 saturated carbocycles. The largest absolute Gasteiger partial charge is 0.384 e. The van der Waals surface area contributed by atoms with Crippen molar-refractivity contribution >= 4 is 5.78 Å². The first-order chi connectivity index (χ1) is 11.1. The summed E-state index contributed by atoms with van der Waals surface area (Å²) in [5.74, 6) is 0.474. The summed E-state index contributed by atoms with van der Waals surface area (Å²) in [4.78, 5) is 13.5. The van der Waals surface area contributed by atoms with Crippen LogP contribution in [-0.2, 0) is 9.53 Å². The third-order valence-electron chi connectivity index (χ3n) is 7.70. The second kappa shape index (κ2) is 5.98. The number of rotatable bonds is 6. The SMILES string of the molecule is C=CC[C@@]1(C(=O)/C=C/C)[C@@H]2CC[C@@](C)(C(=C)C2(C)C)[C@]1(C)COC. The van der Waals surface area contributed by atoms with E-state index < -0.39 is 5.41 Å². The quantitative estimate of drug-likeness (QED) is 0.484. The zero-order valence-corrected chi connectivity index (χ0v) is 16.4. The van der Waals surface area contributed by atoms with Gasteiger partial charge in [0.05, 0.1) is 6.61 Å². The molecule has 0 N–H and O–H groups in total. The fraction of sp³-hybridized carbons (Fsp3) is 0.682. The highest BCUT2D eigenvalue weighted by Gasteiger charge is 2.73. The first-order valence-electron chi connectivity index (χ1n) is 9.07. The lowest BCUT2D eigenvalue weighted by atomic mass is 9.30. The number of fused-ring (bicyclic) bond motifs is 3. The fourth-order valence-electron chi connectivity index (χ4n) is 6.23. The van der Waals surface area contributed by atoms with E-state index in [0.717, 1.165) is 12.8 Å². The van der Waals surface area contributed by atoms with Crippen molar-refractivity contribution in [3.63, 3.8) is 0 Å². The van der Waals surface area contributed by atoms with Crippen molar-refractivity contribution in [2.24, 2.45) is 27.6 Å². The number of carbonyl (C=O) groups excluding carboxylic acids is 1. The number of ketones is 1. The third-order valence-corrected chi connectivity index (χ3v) is 7.70. The van der Waals surface area contributed by atoms with E-state index in [1.807, 2.05) is 19.1 Å². The van der Waals surface area contributed by atoms with Crippen LogP contribution in [0.5, 0.6) is 0 Å². The molecule has 0 aromatic rings. The number of hydrogen-bond acceptors (Lipinski definition) is 2. The summed E-state index contributed by atoms with van der Waals surface area (Å²) in [6, 6.07) is 0. The molecule has 134 valence electrons. The van der Waals surface area contributed by atoms with Gasteiger partial charge in [-0.1, -0.05) is 52.0 Å². The Kier molecular flexibility index (Phi) is 4.78. The number of hydrogen-bond donors (Lipinski definition) is 0. The second-order valence-corrected chi connectivity index (χ2v) is 8.72. The molecule has 4 atom stereocenters. The van der Waals surface area contributed by atoms with Crippen LogP contribution >= 0.6 is 0 Å². The molecule has 2 heteroatoms. The van der Waals surface area contributed by atoms with Crippen LogP contribution in [0.4, 0.5) is 0 Å². The molecule has 0 amide bonds. The first-order valence-corrected chi connectivity index (χ1v) is 9.07. The van der Waals surface area contributed by atoms with Crippen molar-refractivity contribution in [1.29, 1.82) is 0 Å². The maximum Gasteiger partial charge on any atom is 0.162 e. The number of carbonyl (C=O) groups is 1. The fourth-order valence-corrected chi connectivity index (χ4v) is 6.23. The van der Waals surface area contributed by atoms with E-state index in [4.69, 9.17) is 4.74 Å². The minimum absolute atomic E-state index is 0.0689. The van der Waals surface area contributed by atoms with Gasteiger partial charge in [-0.15, -0.1) is 6.58 Å². The number of methoxy groups -OCH3 is 1. The van der Waals surface area contributed by atoms with E-state index in [9.17, 15) is 4.79 Å². The molecule has 0 aromatic carbocycles. The predicted octanol–water partition coefficient (Wildman–Crippen LogP) is 5.36. The Morgan fingerprint density at radius 2 is 1.96 bits per heavy atom. The topological polar surface area (TPSA) is 26.3 Å². The molecule has 0 heterocycles. The van der Waals surface area contributed by atoms with Gasteiger partial charge in [0.2, 0.25) is 0 Å². The lowest BCUT2D eigenvalue weighted by Gasteiger charge is -2.73. The Hall–Kier alpha value is -1.15. The molecule has 24 heavy (non-hydrogen) atoms. The van der Waals surface area contributed by atoms with Gasteiger partial charge in [-0.05, 0) is 49.0 Å². The average Bonchev–Trinajstić information content (AvgIpc) is 2.50. The van der Waals surface area contributed by atoms with Crippen LogP contribution in [0.25, 0.3) is 0 Å². The Labute approximate surface area is 148 Å². The molecule has 3 fully saturated rings. The minimum Gasteiger partial charge on any atom is -0.384 e. The average molecular weight is 331 g/mol. The number of ether oxygens (including phenoxy) is 1. The van der Waals surface area contributed by atoms with Gasteiger partial charge in [-0.2, -0.15) is 0 Å². The Morgan fingerprint density at radius 1 is 1.33 bits per heavy atom. The zero-order chi connectivity index (χ0) is 18.4.